The van der Waals surface area contributed by atoms with Crippen molar-refractivity contribution in [2.45, 2.75) is 39.5 Å². The molecule has 0 bridgehead atoms. The molecule has 0 N–H and O–H groups in total. The highest BCUT2D eigenvalue weighted by Gasteiger charge is 2.23. The van der Waals surface area contributed by atoms with Crippen molar-refractivity contribution in [3.8, 4) is 0 Å². The molecule has 0 heterocycles. The minimum atomic E-state index is 0.178. The summed E-state index contributed by atoms with van der Waals surface area (Å²) in [5, 5.41) is 0. The fraction of sp³-hybridized carbons (Fsp3) is 0.333. The van der Waals surface area contributed by atoms with E-state index in [1.54, 1.807) is 0 Å². The maximum Gasteiger partial charge on any atom is -0.00605 e. The van der Waals surface area contributed by atoms with Crippen LogP contribution in [0.3, 0.4) is 0 Å². The molecule has 0 atom stereocenters. The SMILES string of the molecule is Cc1ccccc1CC(C)(C)c1ccccc1C. The second-order valence-electron chi connectivity index (χ2n) is 5.80. The molecule has 0 amide bonds. The van der Waals surface area contributed by atoms with Crippen molar-refractivity contribution >= 4 is 0 Å². The van der Waals surface area contributed by atoms with Crippen LogP contribution in [0.5, 0.6) is 0 Å². The van der Waals surface area contributed by atoms with Crippen LogP contribution in [0.25, 0.3) is 0 Å². The van der Waals surface area contributed by atoms with Gasteiger partial charge in [-0.25, -0.2) is 0 Å². The molecule has 0 fully saturated rings. The fourth-order valence-electron chi connectivity index (χ4n) is 2.71. The number of benzene rings is 2. The average molecular weight is 238 g/mol. The van der Waals surface area contributed by atoms with Crippen molar-refractivity contribution in [1.82, 2.24) is 0 Å². The lowest BCUT2D eigenvalue weighted by Crippen LogP contribution is -2.22. The third kappa shape index (κ3) is 2.64. The Hall–Kier alpha value is -1.56. The highest BCUT2D eigenvalue weighted by Crippen LogP contribution is 2.30. The van der Waals surface area contributed by atoms with E-state index < -0.39 is 0 Å². The fourth-order valence-corrected chi connectivity index (χ4v) is 2.71. The Labute approximate surface area is 111 Å². The summed E-state index contributed by atoms with van der Waals surface area (Å²) in [4.78, 5) is 0. The van der Waals surface area contributed by atoms with Crippen molar-refractivity contribution in [2.75, 3.05) is 0 Å². The molecule has 0 spiro atoms. The number of hydrogen-bond acceptors (Lipinski definition) is 0. The Morgan fingerprint density at radius 1 is 0.778 bits per heavy atom. The lowest BCUT2D eigenvalue weighted by Gasteiger charge is -2.28. The Morgan fingerprint density at radius 3 is 1.94 bits per heavy atom. The van der Waals surface area contributed by atoms with Gasteiger partial charge in [0.15, 0.2) is 0 Å². The zero-order chi connectivity index (χ0) is 13.2. The van der Waals surface area contributed by atoms with Gasteiger partial charge in [-0.2, -0.15) is 0 Å². The van der Waals surface area contributed by atoms with E-state index in [1.165, 1.54) is 22.3 Å². The zero-order valence-corrected chi connectivity index (χ0v) is 11.8. The molecule has 0 aliphatic carbocycles. The molecule has 0 saturated heterocycles. The quantitative estimate of drug-likeness (QED) is 0.719. The minimum absolute atomic E-state index is 0.178. The largest absolute Gasteiger partial charge is 0.0620 e. The van der Waals surface area contributed by atoms with Crippen LogP contribution < -0.4 is 0 Å². The van der Waals surface area contributed by atoms with Crippen molar-refractivity contribution < 1.29 is 0 Å². The van der Waals surface area contributed by atoms with E-state index in [1.807, 2.05) is 0 Å². The summed E-state index contributed by atoms with van der Waals surface area (Å²) >= 11 is 0. The molecule has 2 aromatic carbocycles. The summed E-state index contributed by atoms with van der Waals surface area (Å²) in [5.41, 5.74) is 5.85. The molecule has 0 nitrogen and oxygen atoms in total. The topological polar surface area (TPSA) is 0 Å². The van der Waals surface area contributed by atoms with Gasteiger partial charge < -0.3 is 0 Å². The summed E-state index contributed by atoms with van der Waals surface area (Å²) < 4.78 is 0. The normalized spacial score (nSPS) is 11.6. The lowest BCUT2D eigenvalue weighted by atomic mass is 9.76. The maximum atomic E-state index is 2.34. The van der Waals surface area contributed by atoms with Crippen molar-refractivity contribution in [1.29, 1.82) is 0 Å². The predicted octanol–water partition coefficient (Wildman–Crippen LogP) is 4.82. The number of hydrogen-bond donors (Lipinski definition) is 0. The molecule has 0 heteroatoms. The smallest absolute Gasteiger partial charge is 0.00605 e. The van der Waals surface area contributed by atoms with Gasteiger partial charge in [0.1, 0.15) is 0 Å². The van der Waals surface area contributed by atoms with Gasteiger partial charge in [0.05, 0.1) is 0 Å². The summed E-state index contributed by atoms with van der Waals surface area (Å²) in [6, 6.07) is 17.4. The first-order valence-corrected chi connectivity index (χ1v) is 6.61. The number of aryl methyl sites for hydroxylation is 2. The van der Waals surface area contributed by atoms with Crippen LogP contribution >= 0.6 is 0 Å². The van der Waals surface area contributed by atoms with Gasteiger partial charge in [-0.3, -0.25) is 0 Å². The van der Waals surface area contributed by atoms with Crippen LogP contribution in [0.15, 0.2) is 48.5 Å². The van der Waals surface area contributed by atoms with Gasteiger partial charge in [0.2, 0.25) is 0 Å². The molecule has 0 saturated carbocycles. The third-order valence-corrected chi connectivity index (χ3v) is 3.77. The highest BCUT2D eigenvalue weighted by atomic mass is 14.3. The molecule has 94 valence electrons. The van der Waals surface area contributed by atoms with E-state index in [0.717, 1.165) is 6.42 Å². The van der Waals surface area contributed by atoms with Crippen LogP contribution in [0.4, 0.5) is 0 Å². The van der Waals surface area contributed by atoms with E-state index in [4.69, 9.17) is 0 Å². The van der Waals surface area contributed by atoms with E-state index in [2.05, 4.69) is 76.2 Å². The average Bonchev–Trinajstić information content (AvgIpc) is 2.32. The molecular formula is C18H22. The summed E-state index contributed by atoms with van der Waals surface area (Å²) in [6.07, 6.45) is 1.09. The van der Waals surface area contributed by atoms with Crippen LogP contribution in [-0.2, 0) is 11.8 Å². The van der Waals surface area contributed by atoms with Gasteiger partial charge in [0.25, 0.3) is 0 Å². The Kier molecular flexibility index (Phi) is 3.56. The molecule has 0 radical (unpaired) electrons. The highest BCUT2D eigenvalue weighted by molar-refractivity contribution is 5.36. The van der Waals surface area contributed by atoms with Gasteiger partial charge >= 0.3 is 0 Å². The lowest BCUT2D eigenvalue weighted by molar-refractivity contribution is 0.518. The monoisotopic (exact) mass is 238 g/mol. The van der Waals surface area contributed by atoms with Gasteiger partial charge in [-0.15, -0.1) is 0 Å². The van der Waals surface area contributed by atoms with Crippen molar-refractivity contribution in [3.63, 3.8) is 0 Å². The van der Waals surface area contributed by atoms with E-state index in [0.29, 0.717) is 0 Å². The summed E-state index contributed by atoms with van der Waals surface area (Å²) in [6.45, 7) is 9.07. The number of rotatable bonds is 3. The first-order valence-electron chi connectivity index (χ1n) is 6.61. The van der Waals surface area contributed by atoms with Gasteiger partial charge in [0, 0.05) is 0 Å². The van der Waals surface area contributed by atoms with Crippen LogP contribution in [0, 0.1) is 13.8 Å². The molecule has 0 aliphatic heterocycles. The predicted molar refractivity (Wildman–Crippen MR) is 79.1 cm³/mol. The van der Waals surface area contributed by atoms with E-state index in [9.17, 15) is 0 Å². The molecule has 2 aromatic rings. The van der Waals surface area contributed by atoms with E-state index >= 15 is 0 Å². The van der Waals surface area contributed by atoms with Crippen molar-refractivity contribution in [3.05, 3.63) is 70.8 Å². The Balaban J connectivity index is 2.33. The standard InChI is InChI=1S/C18H22/c1-14-9-5-7-11-16(14)13-18(3,4)17-12-8-6-10-15(17)2/h5-12H,13H2,1-4H3. The second-order valence-corrected chi connectivity index (χ2v) is 5.80. The molecule has 18 heavy (non-hydrogen) atoms. The molecule has 2 rings (SSSR count). The molecule has 0 aliphatic rings. The minimum Gasteiger partial charge on any atom is -0.0620 e. The Bertz CT molecular complexity index is 535. The van der Waals surface area contributed by atoms with Gasteiger partial charge in [-0.05, 0) is 47.9 Å². The van der Waals surface area contributed by atoms with E-state index in [-0.39, 0.29) is 5.41 Å². The maximum absolute atomic E-state index is 2.34. The summed E-state index contributed by atoms with van der Waals surface area (Å²) in [7, 11) is 0. The van der Waals surface area contributed by atoms with Crippen LogP contribution in [-0.4, -0.2) is 0 Å². The molecular weight excluding hydrogens is 216 g/mol. The first kappa shape index (κ1) is 12.9. The zero-order valence-electron chi connectivity index (χ0n) is 11.8. The van der Waals surface area contributed by atoms with Gasteiger partial charge in [-0.1, -0.05) is 62.4 Å². The summed E-state index contributed by atoms with van der Waals surface area (Å²) in [5.74, 6) is 0. The van der Waals surface area contributed by atoms with Crippen LogP contribution in [0.2, 0.25) is 0 Å². The second kappa shape index (κ2) is 4.97. The third-order valence-electron chi connectivity index (χ3n) is 3.77. The van der Waals surface area contributed by atoms with Crippen molar-refractivity contribution in [2.24, 2.45) is 0 Å². The molecule has 0 aromatic heterocycles. The molecule has 0 unspecified atom stereocenters. The Morgan fingerprint density at radius 2 is 1.33 bits per heavy atom. The van der Waals surface area contributed by atoms with Crippen LogP contribution in [0.1, 0.15) is 36.1 Å². The first-order chi connectivity index (χ1) is 8.50.